The number of hydrogen-bond donors (Lipinski definition) is 0. The van der Waals surface area contributed by atoms with E-state index >= 15 is 0 Å². The molecule has 0 atom stereocenters. The Balaban J connectivity index is 1.85. The van der Waals surface area contributed by atoms with Crippen LogP contribution in [0.4, 0.5) is 0 Å². The average Bonchev–Trinajstić information content (AvgIpc) is 2.27. The van der Waals surface area contributed by atoms with Crippen LogP contribution in [0.25, 0.3) is 0 Å². The van der Waals surface area contributed by atoms with E-state index in [0.29, 0.717) is 19.0 Å². The molecule has 2 aliphatic rings. The molecule has 2 aliphatic heterocycles. The van der Waals surface area contributed by atoms with E-state index in [4.69, 9.17) is 0 Å². The van der Waals surface area contributed by atoms with Gasteiger partial charge < -0.3 is 4.90 Å². The number of piperidine rings is 1. The van der Waals surface area contributed by atoms with Gasteiger partial charge >= 0.3 is 0 Å². The van der Waals surface area contributed by atoms with Crippen LogP contribution in [0.2, 0.25) is 0 Å². The molecule has 5 nitrogen and oxygen atoms in total. The fourth-order valence-electron chi connectivity index (χ4n) is 2.39. The third-order valence-corrected chi connectivity index (χ3v) is 5.30. The summed E-state index contributed by atoms with van der Waals surface area (Å²) >= 11 is 0. The minimum atomic E-state index is -3.34. The SMILES string of the molecule is C=CS(=O)(=O)N1CC(C(=O)N2CCC(C)CC2)C1. The highest BCUT2D eigenvalue weighted by atomic mass is 32.2. The summed E-state index contributed by atoms with van der Waals surface area (Å²) in [6.45, 7) is 7.71. The zero-order chi connectivity index (χ0) is 13.3. The molecular weight excluding hydrogens is 252 g/mol. The maximum Gasteiger partial charge on any atom is 0.235 e. The molecule has 0 aromatic rings. The molecule has 102 valence electrons. The first-order chi connectivity index (χ1) is 8.44. The third-order valence-electron chi connectivity index (χ3n) is 3.86. The lowest BCUT2D eigenvalue weighted by Gasteiger charge is -2.40. The van der Waals surface area contributed by atoms with Crippen LogP contribution in [0, 0.1) is 11.8 Å². The summed E-state index contributed by atoms with van der Waals surface area (Å²) in [6.07, 6.45) is 2.10. The third kappa shape index (κ3) is 2.59. The van der Waals surface area contributed by atoms with Crippen LogP contribution in [-0.2, 0) is 14.8 Å². The molecule has 0 aromatic heterocycles. The summed E-state index contributed by atoms with van der Waals surface area (Å²) in [5.41, 5.74) is 0. The Bertz CT molecular complexity index is 432. The van der Waals surface area contributed by atoms with Crippen molar-refractivity contribution in [1.82, 2.24) is 9.21 Å². The highest BCUT2D eigenvalue weighted by molar-refractivity contribution is 7.92. The van der Waals surface area contributed by atoms with Crippen molar-refractivity contribution >= 4 is 15.9 Å². The average molecular weight is 272 g/mol. The maximum atomic E-state index is 12.1. The van der Waals surface area contributed by atoms with Gasteiger partial charge in [-0.1, -0.05) is 13.5 Å². The van der Waals surface area contributed by atoms with Crippen LogP contribution in [0.15, 0.2) is 12.0 Å². The van der Waals surface area contributed by atoms with Crippen molar-refractivity contribution < 1.29 is 13.2 Å². The van der Waals surface area contributed by atoms with E-state index in [1.165, 1.54) is 4.31 Å². The number of sulfonamides is 1. The van der Waals surface area contributed by atoms with Crippen molar-refractivity contribution in [1.29, 1.82) is 0 Å². The fourth-order valence-corrected chi connectivity index (χ4v) is 3.38. The van der Waals surface area contributed by atoms with E-state index in [1.54, 1.807) is 0 Å². The van der Waals surface area contributed by atoms with Crippen molar-refractivity contribution in [2.24, 2.45) is 11.8 Å². The van der Waals surface area contributed by atoms with Gasteiger partial charge in [0.05, 0.1) is 5.92 Å². The monoisotopic (exact) mass is 272 g/mol. The predicted octanol–water partition coefficient (Wildman–Crippen LogP) is 0.650. The lowest BCUT2D eigenvalue weighted by molar-refractivity contribution is -0.140. The summed E-state index contributed by atoms with van der Waals surface area (Å²) in [6, 6.07) is 0. The molecule has 2 rings (SSSR count). The van der Waals surface area contributed by atoms with Crippen LogP contribution in [0.3, 0.4) is 0 Å². The Kier molecular flexibility index (Phi) is 3.77. The van der Waals surface area contributed by atoms with Crippen molar-refractivity contribution in [2.75, 3.05) is 26.2 Å². The molecule has 0 saturated carbocycles. The van der Waals surface area contributed by atoms with Gasteiger partial charge in [-0.05, 0) is 18.8 Å². The van der Waals surface area contributed by atoms with Gasteiger partial charge in [-0.2, -0.15) is 4.31 Å². The van der Waals surface area contributed by atoms with Crippen LogP contribution in [0.1, 0.15) is 19.8 Å². The normalized spacial score (nSPS) is 23.7. The van der Waals surface area contributed by atoms with Crippen LogP contribution < -0.4 is 0 Å². The Morgan fingerprint density at radius 3 is 2.33 bits per heavy atom. The quantitative estimate of drug-likeness (QED) is 0.758. The smallest absolute Gasteiger partial charge is 0.235 e. The fraction of sp³-hybridized carbons (Fsp3) is 0.750. The number of amides is 1. The lowest BCUT2D eigenvalue weighted by Crippen LogP contribution is -2.56. The molecule has 2 fully saturated rings. The van der Waals surface area contributed by atoms with Gasteiger partial charge in [0.15, 0.2) is 0 Å². The molecular formula is C12H20N2O3S. The standard InChI is InChI=1S/C12H20N2O3S/c1-3-18(16,17)14-8-11(9-14)12(15)13-6-4-10(2)5-7-13/h3,10-11H,1,4-9H2,2H3. The van der Waals surface area contributed by atoms with Gasteiger partial charge in [0.2, 0.25) is 15.9 Å². The van der Waals surface area contributed by atoms with E-state index in [1.807, 2.05) is 4.90 Å². The van der Waals surface area contributed by atoms with E-state index in [0.717, 1.165) is 31.3 Å². The molecule has 0 unspecified atom stereocenters. The number of nitrogens with zero attached hydrogens (tertiary/aromatic N) is 2. The minimum absolute atomic E-state index is 0.109. The van der Waals surface area contributed by atoms with Crippen LogP contribution in [-0.4, -0.2) is 49.7 Å². The van der Waals surface area contributed by atoms with E-state index in [-0.39, 0.29) is 11.8 Å². The first-order valence-electron chi connectivity index (χ1n) is 6.35. The van der Waals surface area contributed by atoms with Gasteiger partial charge in [-0.25, -0.2) is 8.42 Å². The van der Waals surface area contributed by atoms with Gasteiger partial charge in [-0.15, -0.1) is 0 Å². The molecule has 0 N–H and O–H groups in total. The van der Waals surface area contributed by atoms with Crippen molar-refractivity contribution in [3.8, 4) is 0 Å². The molecule has 18 heavy (non-hydrogen) atoms. The zero-order valence-electron chi connectivity index (χ0n) is 10.7. The molecule has 0 radical (unpaired) electrons. The molecule has 0 bridgehead atoms. The maximum absolute atomic E-state index is 12.1. The molecule has 2 saturated heterocycles. The summed E-state index contributed by atoms with van der Waals surface area (Å²) in [7, 11) is -3.34. The molecule has 0 aromatic carbocycles. The molecule has 1 amide bonds. The molecule has 0 spiro atoms. The highest BCUT2D eigenvalue weighted by Crippen LogP contribution is 2.24. The highest BCUT2D eigenvalue weighted by Gasteiger charge is 2.40. The zero-order valence-corrected chi connectivity index (χ0v) is 11.5. The molecule has 0 aliphatic carbocycles. The summed E-state index contributed by atoms with van der Waals surface area (Å²) in [4.78, 5) is 14.0. The number of carbonyl (C=O) groups is 1. The topological polar surface area (TPSA) is 57.7 Å². The largest absolute Gasteiger partial charge is 0.342 e. The van der Waals surface area contributed by atoms with Crippen LogP contribution >= 0.6 is 0 Å². The predicted molar refractivity (Wildman–Crippen MR) is 69.2 cm³/mol. The Morgan fingerprint density at radius 1 is 1.28 bits per heavy atom. The second-order valence-corrected chi connectivity index (χ2v) is 7.11. The first kappa shape index (κ1) is 13.5. The summed E-state index contributed by atoms with van der Waals surface area (Å²) in [5, 5.41) is 0.941. The second kappa shape index (κ2) is 5.01. The lowest BCUT2D eigenvalue weighted by atomic mass is 9.96. The number of likely N-dealkylation sites (tertiary alicyclic amines) is 1. The van der Waals surface area contributed by atoms with Crippen LogP contribution in [0.5, 0.6) is 0 Å². The van der Waals surface area contributed by atoms with Gasteiger partial charge in [0, 0.05) is 31.6 Å². The summed E-state index contributed by atoms with van der Waals surface area (Å²) < 4.78 is 24.2. The van der Waals surface area contributed by atoms with Crippen molar-refractivity contribution in [2.45, 2.75) is 19.8 Å². The van der Waals surface area contributed by atoms with Crippen molar-refractivity contribution in [3.63, 3.8) is 0 Å². The molecule has 6 heteroatoms. The summed E-state index contributed by atoms with van der Waals surface area (Å²) in [5.74, 6) is 0.638. The Labute approximate surface area is 108 Å². The number of hydrogen-bond acceptors (Lipinski definition) is 3. The van der Waals surface area contributed by atoms with E-state index in [2.05, 4.69) is 13.5 Å². The Hall–Kier alpha value is -0.880. The van der Waals surface area contributed by atoms with E-state index < -0.39 is 10.0 Å². The number of carbonyl (C=O) groups excluding carboxylic acids is 1. The minimum Gasteiger partial charge on any atom is -0.342 e. The van der Waals surface area contributed by atoms with Gasteiger partial charge in [-0.3, -0.25) is 4.79 Å². The molecule has 2 heterocycles. The number of rotatable bonds is 3. The van der Waals surface area contributed by atoms with Gasteiger partial charge in [0.25, 0.3) is 0 Å². The first-order valence-corrected chi connectivity index (χ1v) is 7.85. The second-order valence-electron chi connectivity index (χ2n) is 5.23. The van der Waals surface area contributed by atoms with E-state index in [9.17, 15) is 13.2 Å². The Morgan fingerprint density at radius 2 is 1.83 bits per heavy atom. The van der Waals surface area contributed by atoms with Gasteiger partial charge in [0.1, 0.15) is 0 Å². The van der Waals surface area contributed by atoms with Crippen molar-refractivity contribution in [3.05, 3.63) is 12.0 Å².